The van der Waals surface area contributed by atoms with E-state index in [-0.39, 0.29) is 0 Å². The summed E-state index contributed by atoms with van der Waals surface area (Å²) in [5, 5.41) is 12.1. The molecule has 1 aromatic heterocycles. The van der Waals surface area contributed by atoms with Gasteiger partial charge in [0.05, 0.1) is 0 Å². The lowest BCUT2D eigenvalue weighted by molar-refractivity contribution is 0.774. The molecule has 0 atom stereocenters. The van der Waals surface area contributed by atoms with Gasteiger partial charge in [-0.05, 0) is 0 Å². The Bertz CT molecular complexity index is 235. The molecule has 0 spiro atoms. The van der Waals surface area contributed by atoms with Crippen molar-refractivity contribution in [1.82, 2.24) is 9.78 Å². The summed E-state index contributed by atoms with van der Waals surface area (Å²) < 4.78 is 1.46. The first-order chi connectivity index (χ1) is 4.24. The minimum Gasteiger partial charge on any atom is -0.384 e. The van der Waals surface area contributed by atoms with E-state index >= 15 is 0 Å². The van der Waals surface area contributed by atoms with Crippen LogP contribution in [0.5, 0.6) is 0 Å². The van der Waals surface area contributed by atoms with Gasteiger partial charge in [-0.3, -0.25) is 4.68 Å². The van der Waals surface area contributed by atoms with Crippen LogP contribution >= 0.6 is 0 Å². The van der Waals surface area contributed by atoms with Crippen LogP contribution in [0.15, 0.2) is 6.07 Å². The van der Waals surface area contributed by atoms with Crippen LogP contribution in [0.1, 0.15) is 5.69 Å². The minimum absolute atomic E-state index is 0.356. The molecule has 1 aromatic rings. The predicted octanol–water partition coefficient (Wildman–Crippen LogP) is -0.126. The number of hydrogen-bond acceptors (Lipinski definition) is 3. The van der Waals surface area contributed by atoms with Crippen LogP contribution in [0, 0.1) is 11.3 Å². The first-order valence-electron chi connectivity index (χ1n) is 2.43. The van der Waals surface area contributed by atoms with E-state index in [9.17, 15) is 0 Å². The van der Waals surface area contributed by atoms with Gasteiger partial charge in [0.15, 0.2) is 5.69 Å². The third-order valence-corrected chi connectivity index (χ3v) is 1.03. The molecule has 2 N–H and O–H groups in total. The van der Waals surface area contributed by atoms with E-state index in [1.165, 1.54) is 10.7 Å². The first kappa shape index (κ1) is 5.63. The zero-order valence-electron chi connectivity index (χ0n) is 5.00. The molecular formula is C5H6N4. The molecule has 0 aromatic carbocycles. The summed E-state index contributed by atoms with van der Waals surface area (Å²) in [6.07, 6.45) is 0. The SMILES string of the molecule is Cn1nc(C#N)cc1N. The number of rotatable bonds is 0. The Morgan fingerprint density at radius 3 is 2.78 bits per heavy atom. The van der Waals surface area contributed by atoms with Crippen molar-refractivity contribution in [2.75, 3.05) is 5.73 Å². The van der Waals surface area contributed by atoms with Gasteiger partial charge in [-0.15, -0.1) is 0 Å². The van der Waals surface area contributed by atoms with E-state index in [1.807, 2.05) is 6.07 Å². The average Bonchev–Trinajstić information content (AvgIpc) is 2.13. The molecule has 0 fully saturated rings. The summed E-state index contributed by atoms with van der Waals surface area (Å²) in [7, 11) is 1.69. The van der Waals surface area contributed by atoms with Gasteiger partial charge in [-0.2, -0.15) is 10.4 Å². The Labute approximate surface area is 52.5 Å². The highest BCUT2D eigenvalue weighted by Gasteiger charge is 1.97. The lowest BCUT2D eigenvalue weighted by Crippen LogP contribution is -1.96. The van der Waals surface area contributed by atoms with Crippen molar-refractivity contribution in [2.45, 2.75) is 0 Å². The molecule has 9 heavy (non-hydrogen) atoms. The van der Waals surface area contributed by atoms with Crippen LogP contribution in [0.4, 0.5) is 5.82 Å². The highest BCUT2D eigenvalue weighted by atomic mass is 15.3. The minimum atomic E-state index is 0.356. The number of hydrogen-bond donors (Lipinski definition) is 1. The Morgan fingerprint density at radius 2 is 2.56 bits per heavy atom. The van der Waals surface area contributed by atoms with Gasteiger partial charge in [0, 0.05) is 13.1 Å². The molecule has 0 aliphatic rings. The number of aryl methyl sites for hydroxylation is 1. The van der Waals surface area contributed by atoms with Gasteiger partial charge in [0.2, 0.25) is 0 Å². The smallest absolute Gasteiger partial charge is 0.164 e. The highest BCUT2D eigenvalue weighted by molar-refractivity contribution is 5.35. The molecule has 0 aliphatic heterocycles. The third-order valence-electron chi connectivity index (χ3n) is 1.03. The highest BCUT2D eigenvalue weighted by Crippen LogP contribution is 2.00. The quantitative estimate of drug-likeness (QED) is 0.521. The molecule has 0 amide bonds. The molecule has 0 bridgehead atoms. The van der Waals surface area contributed by atoms with Crippen LogP contribution in [0.25, 0.3) is 0 Å². The van der Waals surface area contributed by atoms with Crippen molar-refractivity contribution in [2.24, 2.45) is 7.05 Å². The van der Waals surface area contributed by atoms with Crippen molar-refractivity contribution in [3.05, 3.63) is 11.8 Å². The zero-order valence-corrected chi connectivity index (χ0v) is 5.00. The topological polar surface area (TPSA) is 67.6 Å². The lowest BCUT2D eigenvalue weighted by atomic mass is 10.5. The second-order valence-electron chi connectivity index (χ2n) is 1.69. The standard InChI is InChI=1S/C5H6N4/c1-9-5(7)2-4(3-6)8-9/h2H,7H2,1H3. The number of nitrogen functional groups attached to an aromatic ring is 1. The van der Waals surface area contributed by atoms with Gasteiger partial charge in [-0.1, -0.05) is 0 Å². The summed E-state index contributed by atoms with van der Waals surface area (Å²) in [5.74, 6) is 0.506. The fourth-order valence-electron chi connectivity index (χ4n) is 0.536. The molecule has 4 heteroatoms. The van der Waals surface area contributed by atoms with Crippen LogP contribution in [-0.4, -0.2) is 9.78 Å². The fourth-order valence-corrected chi connectivity index (χ4v) is 0.536. The monoisotopic (exact) mass is 122 g/mol. The maximum Gasteiger partial charge on any atom is 0.164 e. The van der Waals surface area contributed by atoms with Crippen molar-refractivity contribution in [3.63, 3.8) is 0 Å². The number of anilines is 1. The summed E-state index contributed by atoms with van der Waals surface area (Å²) >= 11 is 0. The molecule has 0 unspecified atom stereocenters. The van der Waals surface area contributed by atoms with Crippen LogP contribution in [-0.2, 0) is 7.05 Å². The molecule has 0 radical (unpaired) electrons. The van der Waals surface area contributed by atoms with Crippen LogP contribution < -0.4 is 5.73 Å². The van der Waals surface area contributed by atoms with Gasteiger partial charge in [0.25, 0.3) is 0 Å². The summed E-state index contributed by atoms with van der Waals surface area (Å²) in [5.41, 5.74) is 5.72. The second-order valence-corrected chi connectivity index (χ2v) is 1.69. The molecule has 4 nitrogen and oxygen atoms in total. The van der Waals surface area contributed by atoms with Gasteiger partial charge < -0.3 is 5.73 Å². The summed E-state index contributed by atoms with van der Waals surface area (Å²) in [6, 6.07) is 3.40. The Hall–Kier alpha value is -1.50. The lowest BCUT2D eigenvalue weighted by Gasteiger charge is -1.87. The molecule has 0 saturated carbocycles. The van der Waals surface area contributed by atoms with E-state index in [0.29, 0.717) is 11.5 Å². The molecule has 0 saturated heterocycles. The van der Waals surface area contributed by atoms with Crippen molar-refractivity contribution < 1.29 is 0 Å². The maximum absolute atomic E-state index is 8.29. The largest absolute Gasteiger partial charge is 0.384 e. The van der Waals surface area contributed by atoms with Gasteiger partial charge >= 0.3 is 0 Å². The Kier molecular flexibility index (Phi) is 1.12. The molecule has 46 valence electrons. The van der Waals surface area contributed by atoms with Gasteiger partial charge in [0.1, 0.15) is 11.9 Å². The number of nitriles is 1. The number of nitrogens with two attached hydrogens (primary N) is 1. The Balaban J connectivity index is 3.16. The second kappa shape index (κ2) is 1.78. The van der Waals surface area contributed by atoms with E-state index in [2.05, 4.69) is 5.10 Å². The molecule has 1 heterocycles. The van der Waals surface area contributed by atoms with Crippen molar-refractivity contribution in [3.8, 4) is 6.07 Å². The van der Waals surface area contributed by atoms with Crippen molar-refractivity contribution in [1.29, 1.82) is 5.26 Å². The predicted molar refractivity (Wildman–Crippen MR) is 32.3 cm³/mol. The maximum atomic E-state index is 8.29. The summed E-state index contributed by atoms with van der Waals surface area (Å²) in [4.78, 5) is 0. The fraction of sp³-hybridized carbons (Fsp3) is 0.200. The van der Waals surface area contributed by atoms with E-state index in [1.54, 1.807) is 7.05 Å². The molecule has 0 aliphatic carbocycles. The van der Waals surface area contributed by atoms with E-state index in [0.717, 1.165) is 0 Å². The van der Waals surface area contributed by atoms with E-state index < -0.39 is 0 Å². The zero-order chi connectivity index (χ0) is 6.85. The first-order valence-corrected chi connectivity index (χ1v) is 2.43. The number of nitrogens with zero attached hydrogens (tertiary/aromatic N) is 3. The van der Waals surface area contributed by atoms with E-state index in [4.69, 9.17) is 11.0 Å². The average molecular weight is 122 g/mol. The molecule has 1 rings (SSSR count). The third kappa shape index (κ3) is 0.842. The number of aromatic nitrogens is 2. The van der Waals surface area contributed by atoms with Crippen molar-refractivity contribution >= 4 is 5.82 Å². The van der Waals surface area contributed by atoms with Gasteiger partial charge in [-0.25, -0.2) is 0 Å². The normalized spacial score (nSPS) is 8.89. The molecular weight excluding hydrogens is 116 g/mol. The van der Waals surface area contributed by atoms with Crippen LogP contribution in [0.2, 0.25) is 0 Å². The van der Waals surface area contributed by atoms with Crippen LogP contribution in [0.3, 0.4) is 0 Å². The summed E-state index contributed by atoms with van der Waals surface area (Å²) in [6.45, 7) is 0. The Morgan fingerprint density at radius 1 is 1.89 bits per heavy atom.